The zero-order valence-corrected chi connectivity index (χ0v) is 8.87. The number of rotatable bonds is 4. The van der Waals surface area contributed by atoms with Gasteiger partial charge in [0.2, 0.25) is 0 Å². The van der Waals surface area contributed by atoms with Crippen molar-refractivity contribution in [3.8, 4) is 6.07 Å². The molecule has 0 saturated carbocycles. The van der Waals surface area contributed by atoms with Crippen molar-refractivity contribution in [2.75, 3.05) is 6.54 Å². The van der Waals surface area contributed by atoms with Crippen molar-refractivity contribution in [1.82, 2.24) is 5.32 Å². The van der Waals surface area contributed by atoms with Gasteiger partial charge in [-0.1, -0.05) is 0 Å². The second kappa shape index (κ2) is 5.00. The molecule has 0 bridgehead atoms. The van der Waals surface area contributed by atoms with E-state index in [4.69, 9.17) is 5.26 Å². The summed E-state index contributed by atoms with van der Waals surface area (Å²) in [5.41, 5.74) is 1.36. The molecule has 0 atom stereocenters. The van der Waals surface area contributed by atoms with Crippen molar-refractivity contribution in [2.45, 2.75) is 26.8 Å². The molecule has 0 saturated heterocycles. The van der Waals surface area contributed by atoms with Crippen LogP contribution in [0.15, 0.2) is 6.07 Å². The third kappa shape index (κ3) is 3.17. The van der Waals surface area contributed by atoms with Crippen LogP contribution in [0.2, 0.25) is 0 Å². The standard InChI is InChI=1S/C10H14N2S/c1-8-6-10(9(2)13-8)7-12-5-3-4-11/h6,12H,3,5,7H2,1-2H3. The zero-order chi connectivity index (χ0) is 9.68. The van der Waals surface area contributed by atoms with Crippen LogP contribution in [0.3, 0.4) is 0 Å². The summed E-state index contributed by atoms with van der Waals surface area (Å²) >= 11 is 1.83. The van der Waals surface area contributed by atoms with Gasteiger partial charge in [-0.25, -0.2) is 0 Å². The van der Waals surface area contributed by atoms with Gasteiger partial charge in [-0.3, -0.25) is 0 Å². The lowest BCUT2D eigenvalue weighted by Gasteiger charge is -2.00. The van der Waals surface area contributed by atoms with Crippen molar-refractivity contribution in [3.05, 3.63) is 21.4 Å². The summed E-state index contributed by atoms with van der Waals surface area (Å²) in [5.74, 6) is 0. The molecular weight excluding hydrogens is 180 g/mol. The highest BCUT2D eigenvalue weighted by Gasteiger charge is 2.00. The van der Waals surface area contributed by atoms with E-state index in [0.717, 1.165) is 13.1 Å². The molecule has 0 spiro atoms. The topological polar surface area (TPSA) is 35.8 Å². The minimum Gasteiger partial charge on any atom is -0.312 e. The van der Waals surface area contributed by atoms with Gasteiger partial charge in [0.1, 0.15) is 0 Å². The predicted molar refractivity (Wildman–Crippen MR) is 55.7 cm³/mol. The van der Waals surface area contributed by atoms with Crippen molar-refractivity contribution < 1.29 is 0 Å². The summed E-state index contributed by atoms with van der Waals surface area (Å²) in [7, 11) is 0. The Labute approximate surface area is 83.2 Å². The van der Waals surface area contributed by atoms with Crippen LogP contribution < -0.4 is 5.32 Å². The van der Waals surface area contributed by atoms with Crippen molar-refractivity contribution in [2.24, 2.45) is 0 Å². The van der Waals surface area contributed by atoms with E-state index < -0.39 is 0 Å². The first-order chi connectivity index (χ1) is 6.24. The molecule has 0 aliphatic carbocycles. The van der Waals surface area contributed by atoms with E-state index in [1.165, 1.54) is 15.3 Å². The summed E-state index contributed by atoms with van der Waals surface area (Å²) in [5, 5.41) is 11.6. The molecule has 13 heavy (non-hydrogen) atoms. The minimum absolute atomic E-state index is 0.585. The number of hydrogen-bond acceptors (Lipinski definition) is 3. The van der Waals surface area contributed by atoms with E-state index in [9.17, 15) is 0 Å². The molecule has 0 unspecified atom stereocenters. The van der Waals surface area contributed by atoms with Gasteiger partial charge in [0, 0.05) is 29.3 Å². The SMILES string of the molecule is Cc1cc(CNCCC#N)c(C)s1. The maximum atomic E-state index is 8.33. The lowest BCUT2D eigenvalue weighted by atomic mass is 10.2. The molecule has 3 heteroatoms. The first-order valence-corrected chi connectivity index (χ1v) is 5.19. The van der Waals surface area contributed by atoms with E-state index >= 15 is 0 Å². The molecule has 0 aliphatic rings. The highest BCUT2D eigenvalue weighted by atomic mass is 32.1. The largest absolute Gasteiger partial charge is 0.312 e. The van der Waals surface area contributed by atoms with Crippen LogP contribution in [-0.2, 0) is 6.54 Å². The Hall–Kier alpha value is -0.850. The Morgan fingerprint density at radius 2 is 2.31 bits per heavy atom. The molecular formula is C10H14N2S. The lowest BCUT2D eigenvalue weighted by Crippen LogP contribution is -2.14. The third-order valence-corrected chi connectivity index (χ3v) is 2.88. The number of nitrogens with zero attached hydrogens (tertiary/aromatic N) is 1. The van der Waals surface area contributed by atoms with Gasteiger partial charge in [0.25, 0.3) is 0 Å². The van der Waals surface area contributed by atoms with Gasteiger partial charge in [-0.05, 0) is 25.5 Å². The summed E-state index contributed by atoms with van der Waals surface area (Å²) < 4.78 is 0. The molecule has 0 amide bonds. The van der Waals surface area contributed by atoms with E-state index in [1.54, 1.807) is 0 Å². The Kier molecular flexibility index (Phi) is 3.94. The van der Waals surface area contributed by atoms with Gasteiger partial charge in [0.15, 0.2) is 0 Å². The van der Waals surface area contributed by atoms with Crippen LogP contribution in [0.1, 0.15) is 21.7 Å². The first-order valence-electron chi connectivity index (χ1n) is 4.37. The smallest absolute Gasteiger partial charge is 0.0635 e. The predicted octanol–water partition coefficient (Wildman–Crippen LogP) is 2.37. The highest BCUT2D eigenvalue weighted by Crippen LogP contribution is 2.19. The van der Waals surface area contributed by atoms with Gasteiger partial charge in [0.05, 0.1) is 6.07 Å². The summed E-state index contributed by atoms with van der Waals surface area (Å²) in [6, 6.07) is 4.32. The highest BCUT2D eigenvalue weighted by molar-refractivity contribution is 7.12. The van der Waals surface area contributed by atoms with Crippen LogP contribution in [-0.4, -0.2) is 6.54 Å². The Balaban J connectivity index is 2.37. The number of hydrogen-bond donors (Lipinski definition) is 1. The van der Waals surface area contributed by atoms with Crippen LogP contribution in [0.25, 0.3) is 0 Å². The second-order valence-electron chi connectivity index (χ2n) is 3.02. The van der Waals surface area contributed by atoms with Gasteiger partial charge < -0.3 is 5.32 Å². The molecule has 1 heterocycles. The Bertz CT molecular complexity index is 309. The molecule has 0 aliphatic heterocycles. The molecule has 1 N–H and O–H groups in total. The van der Waals surface area contributed by atoms with Crippen LogP contribution in [0, 0.1) is 25.2 Å². The van der Waals surface area contributed by atoms with E-state index in [2.05, 4.69) is 31.3 Å². The molecule has 70 valence electrons. The summed E-state index contributed by atoms with van der Waals surface area (Å²) in [6.07, 6.45) is 0.585. The fourth-order valence-electron chi connectivity index (χ4n) is 1.23. The third-order valence-electron chi connectivity index (χ3n) is 1.87. The fraction of sp³-hybridized carbons (Fsp3) is 0.500. The van der Waals surface area contributed by atoms with Crippen molar-refractivity contribution >= 4 is 11.3 Å². The van der Waals surface area contributed by atoms with Gasteiger partial charge in [-0.15, -0.1) is 11.3 Å². The van der Waals surface area contributed by atoms with Crippen LogP contribution in [0.4, 0.5) is 0 Å². The van der Waals surface area contributed by atoms with Gasteiger partial charge in [-0.2, -0.15) is 5.26 Å². The van der Waals surface area contributed by atoms with E-state index in [1.807, 2.05) is 11.3 Å². The molecule has 0 radical (unpaired) electrons. The molecule has 1 aromatic heterocycles. The quantitative estimate of drug-likeness (QED) is 0.747. The van der Waals surface area contributed by atoms with Crippen molar-refractivity contribution in [3.63, 3.8) is 0 Å². The number of nitriles is 1. The summed E-state index contributed by atoms with van der Waals surface area (Å²) in [4.78, 5) is 2.73. The molecule has 1 aromatic rings. The number of thiophene rings is 1. The maximum Gasteiger partial charge on any atom is 0.0635 e. The maximum absolute atomic E-state index is 8.33. The zero-order valence-electron chi connectivity index (χ0n) is 8.05. The normalized spacial score (nSPS) is 9.92. The first kappa shape index (κ1) is 10.2. The fourth-order valence-corrected chi connectivity index (χ4v) is 2.17. The second-order valence-corrected chi connectivity index (χ2v) is 4.48. The van der Waals surface area contributed by atoms with Crippen LogP contribution >= 0.6 is 11.3 Å². The molecule has 0 fully saturated rings. The minimum atomic E-state index is 0.585. The number of aryl methyl sites for hydroxylation is 2. The molecule has 2 nitrogen and oxygen atoms in total. The molecule has 0 aromatic carbocycles. The van der Waals surface area contributed by atoms with E-state index in [0.29, 0.717) is 6.42 Å². The van der Waals surface area contributed by atoms with Gasteiger partial charge >= 0.3 is 0 Å². The van der Waals surface area contributed by atoms with Crippen LogP contribution in [0.5, 0.6) is 0 Å². The number of nitrogens with one attached hydrogen (secondary N) is 1. The monoisotopic (exact) mass is 194 g/mol. The Morgan fingerprint density at radius 3 is 2.85 bits per heavy atom. The average molecular weight is 194 g/mol. The lowest BCUT2D eigenvalue weighted by molar-refractivity contribution is 0.698. The average Bonchev–Trinajstić information content (AvgIpc) is 2.39. The van der Waals surface area contributed by atoms with Crippen molar-refractivity contribution in [1.29, 1.82) is 5.26 Å². The Morgan fingerprint density at radius 1 is 1.54 bits per heavy atom. The molecule has 1 rings (SSSR count). The van der Waals surface area contributed by atoms with E-state index in [-0.39, 0.29) is 0 Å². The summed E-state index contributed by atoms with van der Waals surface area (Å²) in [6.45, 7) is 5.93.